The fourth-order valence-corrected chi connectivity index (χ4v) is 5.22. The summed E-state index contributed by atoms with van der Waals surface area (Å²) in [6.07, 6.45) is 1.90. The van der Waals surface area contributed by atoms with Gasteiger partial charge >= 0.3 is 7.82 Å². The van der Waals surface area contributed by atoms with Crippen molar-refractivity contribution < 1.29 is 27.7 Å². The highest BCUT2D eigenvalue weighted by molar-refractivity contribution is 7.48. The molecule has 0 saturated carbocycles. The number of nitrogens with zero attached hydrogens (tertiary/aromatic N) is 3. The van der Waals surface area contributed by atoms with Crippen LogP contribution in [0.15, 0.2) is 36.4 Å². The lowest BCUT2D eigenvalue weighted by Crippen LogP contribution is -2.46. The summed E-state index contributed by atoms with van der Waals surface area (Å²) in [5, 5.41) is 1.19. The predicted octanol–water partition coefficient (Wildman–Crippen LogP) is 6.01. The van der Waals surface area contributed by atoms with Crippen LogP contribution in [0.1, 0.15) is 25.3 Å². The fourth-order valence-electron chi connectivity index (χ4n) is 4.18. The third kappa shape index (κ3) is 8.33. The highest BCUT2D eigenvalue weighted by Crippen LogP contribution is 2.47. The van der Waals surface area contributed by atoms with Crippen molar-refractivity contribution >= 4 is 48.3 Å². The number of carbonyl (C=O) groups is 1. The molecular formula is C26H36Cl2N3O6P. The molecule has 0 radical (unpaired) electrons. The minimum atomic E-state index is -3.73. The summed E-state index contributed by atoms with van der Waals surface area (Å²) in [4.78, 5) is 18.4. The summed E-state index contributed by atoms with van der Waals surface area (Å²) in [6.45, 7) is 8.29. The van der Waals surface area contributed by atoms with Gasteiger partial charge in [0.15, 0.2) is 0 Å². The number of amides is 1. The van der Waals surface area contributed by atoms with Crippen molar-refractivity contribution in [2.24, 2.45) is 0 Å². The minimum Gasteiger partial charge on any atom is -0.494 e. The molecule has 0 aromatic heterocycles. The summed E-state index contributed by atoms with van der Waals surface area (Å²) >= 11 is 12.5. The zero-order chi connectivity index (χ0) is 27.7. The molecule has 1 aliphatic heterocycles. The summed E-state index contributed by atoms with van der Waals surface area (Å²) in [7, 11) is -1.28. The fraction of sp³-hybridized carbons (Fsp3) is 0.500. The van der Waals surface area contributed by atoms with E-state index < -0.39 is 7.82 Å². The van der Waals surface area contributed by atoms with Crippen molar-refractivity contribution in [1.29, 1.82) is 0 Å². The smallest absolute Gasteiger partial charge is 0.475 e. The molecule has 12 heteroatoms. The van der Waals surface area contributed by atoms with E-state index >= 15 is 0 Å². The van der Waals surface area contributed by atoms with Gasteiger partial charge in [-0.2, -0.15) is 0 Å². The molecule has 0 unspecified atom stereocenters. The van der Waals surface area contributed by atoms with Crippen LogP contribution >= 0.6 is 31.0 Å². The first-order chi connectivity index (χ1) is 18.2. The number of unbranched alkanes of at least 4 members (excludes halogenated alkanes) is 1. The molecule has 210 valence electrons. The Labute approximate surface area is 235 Å². The Morgan fingerprint density at radius 3 is 2.42 bits per heavy atom. The Hall–Kier alpha value is -1.84. The average molecular weight is 588 g/mol. The largest absolute Gasteiger partial charge is 0.494 e. The number of halogens is 2. The molecule has 2 aromatic rings. The van der Waals surface area contributed by atoms with Crippen molar-refractivity contribution in [3.63, 3.8) is 0 Å². The molecule has 1 amide bonds. The van der Waals surface area contributed by atoms with Crippen LogP contribution in [0.2, 0.25) is 10.0 Å². The molecule has 38 heavy (non-hydrogen) atoms. The topological polar surface area (TPSA) is 80.8 Å². The molecule has 1 heterocycles. The quantitative estimate of drug-likeness (QED) is 0.160. The zero-order valence-electron chi connectivity index (χ0n) is 22.3. The number of piperazine rings is 1. The van der Waals surface area contributed by atoms with Gasteiger partial charge in [0.25, 0.3) is 0 Å². The maximum Gasteiger partial charge on any atom is 0.475 e. The van der Waals surface area contributed by atoms with Crippen LogP contribution in [-0.2, 0) is 22.9 Å². The number of hydrogen-bond donors (Lipinski definition) is 0. The van der Waals surface area contributed by atoms with Gasteiger partial charge in [0, 0.05) is 53.4 Å². The summed E-state index contributed by atoms with van der Waals surface area (Å²) < 4.78 is 33.1. The third-order valence-electron chi connectivity index (χ3n) is 6.43. The highest BCUT2D eigenvalue weighted by atomic mass is 35.5. The molecule has 0 spiro atoms. The lowest BCUT2D eigenvalue weighted by molar-refractivity contribution is -0.117. The lowest BCUT2D eigenvalue weighted by Gasteiger charge is -2.36. The Balaban J connectivity index is 1.45. The van der Waals surface area contributed by atoms with Crippen molar-refractivity contribution in [3.8, 4) is 5.75 Å². The number of rotatable bonds is 13. The molecule has 0 bridgehead atoms. The van der Waals surface area contributed by atoms with Crippen LogP contribution in [0.4, 0.5) is 11.4 Å². The monoisotopic (exact) mass is 587 g/mol. The van der Waals surface area contributed by atoms with Crippen molar-refractivity contribution in [2.75, 3.05) is 70.1 Å². The zero-order valence-corrected chi connectivity index (χ0v) is 24.7. The Morgan fingerprint density at radius 1 is 1.05 bits per heavy atom. The van der Waals surface area contributed by atoms with E-state index in [0.717, 1.165) is 56.8 Å². The van der Waals surface area contributed by atoms with Crippen molar-refractivity contribution in [3.05, 3.63) is 52.0 Å². The van der Waals surface area contributed by atoms with E-state index in [2.05, 4.69) is 9.80 Å². The van der Waals surface area contributed by atoms with Crippen LogP contribution in [0.3, 0.4) is 0 Å². The second-order valence-electron chi connectivity index (χ2n) is 8.92. The number of aryl methyl sites for hydroxylation is 1. The van der Waals surface area contributed by atoms with E-state index in [9.17, 15) is 9.36 Å². The Morgan fingerprint density at radius 2 is 1.76 bits per heavy atom. The van der Waals surface area contributed by atoms with Crippen LogP contribution < -0.4 is 14.5 Å². The van der Waals surface area contributed by atoms with Crippen LogP contribution in [-0.4, -0.2) is 71.1 Å². The number of hydrogen-bond acceptors (Lipinski definition) is 8. The summed E-state index contributed by atoms with van der Waals surface area (Å²) in [5.74, 6) is 0.368. The number of phosphoric ester groups is 1. The third-order valence-corrected chi connectivity index (χ3v) is 8.56. The highest BCUT2D eigenvalue weighted by Gasteiger charge is 2.26. The number of carbonyl (C=O) groups excluding carboxylic acids is 1. The minimum absolute atomic E-state index is 0.276. The molecular weight excluding hydrogens is 552 g/mol. The van der Waals surface area contributed by atoms with Gasteiger partial charge in [-0.15, -0.1) is 0 Å². The second kappa shape index (κ2) is 14.5. The first-order valence-electron chi connectivity index (χ1n) is 12.5. The molecule has 1 aliphatic rings. The van der Waals surface area contributed by atoms with E-state index in [-0.39, 0.29) is 12.6 Å². The van der Waals surface area contributed by atoms with Gasteiger partial charge in [0.05, 0.1) is 28.0 Å². The van der Waals surface area contributed by atoms with Crippen LogP contribution in [0.25, 0.3) is 0 Å². The molecule has 0 N–H and O–H groups in total. The van der Waals surface area contributed by atoms with Crippen molar-refractivity contribution in [2.45, 2.75) is 26.7 Å². The molecule has 1 fully saturated rings. The van der Waals surface area contributed by atoms with Crippen LogP contribution in [0, 0.1) is 6.92 Å². The van der Waals surface area contributed by atoms with Gasteiger partial charge in [-0.05, 0) is 50.1 Å². The maximum atomic E-state index is 12.3. The van der Waals surface area contributed by atoms with E-state index in [4.69, 9.17) is 41.5 Å². The van der Waals surface area contributed by atoms with Gasteiger partial charge in [-0.3, -0.25) is 28.2 Å². The number of ether oxygens (including phenoxy) is 1. The number of anilines is 2. The first-order valence-corrected chi connectivity index (χ1v) is 14.7. The molecule has 1 saturated heterocycles. The SMILES string of the molecule is COP(=O)(OC)OCN(C(C)=O)c1cc(OCCCCN2CCN(c3cccc(Cl)c3Cl)CC2)ccc1C. The molecule has 2 aromatic carbocycles. The van der Waals surface area contributed by atoms with Gasteiger partial charge in [0.2, 0.25) is 5.91 Å². The van der Waals surface area contributed by atoms with Crippen LogP contribution in [0.5, 0.6) is 5.75 Å². The normalized spacial score (nSPS) is 14.5. The molecule has 0 aliphatic carbocycles. The van der Waals surface area contributed by atoms with E-state index in [0.29, 0.717) is 28.1 Å². The Kier molecular flexibility index (Phi) is 11.7. The maximum absolute atomic E-state index is 12.3. The summed E-state index contributed by atoms with van der Waals surface area (Å²) in [5.41, 5.74) is 2.44. The average Bonchev–Trinajstić information content (AvgIpc) is 2.91. The van der Waals surface area contributed by atoms with E-state index in [1.807, 2.05) is 31.2 Å². The van der Waals surface area contributed by atoms with Gasteiger partial charge < -0.3 is 9.64 Å². The lowest BCUT2D eigenvalue weighted by atomic mass is 10.1. The van der Waals surface area contributed by atoms with Crippen molar-refractivity contribution in [1.82, 2.24) is 4.90 Å². The predicted molar refractivity (Wildman–Crippen MR) is 152 cm³/mol. The molecule has 0 atom stereocenters. The van der Waals surface area contributed by atoms with E-state index in [1.54, 1.807) is 12.1 Å². The molecule has 3 rings (SSSR count). The first kappa shape index (κ1) is 30.7. The van der Waals surface area contributed by atoms with Gasteiger partial charge in [-0.1, -0.05) is 35.3 Å². The molecule has 9 nitrogen and oxygen atoms in total. The number of benzene rings is 2. The summed E-state index contributed by atoms with van der Waals surface area (Å²) in [6, 6.07) is 11.3. The standard InChI is InChI=1S/C26H36Cl2N3O6P/c1-20-10-11-22(18-25(20)31(21(2)32)19-37-38(33,34-3)35-4)36-17-6-5-12-29-13-15-30(16-14-29)24-9-7-8-23(27)26(24)28/h7-11,18H,5-6,12-17,19H2,1-4H3. The van der Waals surface area contributed by atoms with Gasteiger partial charge in [-0.25, -0.2) is 4.57 Å². The number of phosphoric acid groups is 1. The van der Waals surface area contributed by atoms with Gasteiger partial charge in [0.1, 0.15) is 12.5 Å². The second-order valence-corrected chi connectivity index (χ2v) is 11.6. The van der Waals surface area contributed by atoms with E-state index in [1.165, 1.54) is 26.0 Å². The Bertz CT molecular complexity index is 1120.